The molecular weight excluding hydrogens is 313 g/mol. The van der Waals surface area contributed by atoms with Gasteiger partial charge in [0.25, 0.3) is 0 Å². The van der Waals surface area contributed by atoms with E-state index in [1.165, 1.54) is 7.11 Å². The lowest BCUT2D eigenvalue weighted by atomic mass is 10.2. The van der Waals surface area contributed by atoms with E-state index in [1.54, 1.807) is 36.4 Å². The number of halogens is 2. The zero-order chi connectivity index (χ0) is 15.0. The second-order valence-electron chi connectivity index (χ2n) is 4.32. The van der Waals surface area contributed by atoms with Crippen molar-refractivity contribution in [2.45, 2.75) is 0 Å². The molecule has 0 aliphatic rings. The number of carbonyl (C=O) groups is 1. The summed E-state index contributed by atoms with van der Waals surface area (Å²) in [4.78, 5) is 15.9. The Morgan fingerprint density at radius 2 is 1.95 bits per heavy atom. The van der Waals surface area contributed by atoms with E-state index < -0.39 is 5.97 Å². The van der Waals surface area contributed by atoms with Gasteiger partial charge in [0.2, 0.25) is 5.89 Å². The fourth-order valence-corrected chi connectivity index (χ4v) is 2.22. The summed E-state index contributed by atoms with van der Waals surface area (Å²) < 4.78 is 10.3. The van der Waals surface area contributed by atoms with Crippen LogP contribution in [0.3, 0.4) is 0 Å². The van der Waals surface area contributed by atoms with Gasteiger partial charge >= 0.3 is 5.97 Å². The lowest BCUT2D eigenvalue weighted by Gasteiger charge is -1.98. The number of oxazole rings is 1. The third-order valence-corrected chi connectivity index (χ3v) is 3.72. The number of esters is 1. The molecule has 0 fully saturated rings. The smallest absolute Gasteiger partial charge is 0.337 e. The average Bonchev–Trinajstić information content (AvgIpc) is 2.92. The molecule has 1 aromatic heterocycles. The molecule has 0 bridgehead atoms. The lowest BCUT2D eigenvalue weighted by Crippen LogP contribution is -2.00. The number of hydrogen-bond donors (Lipinski definition) is 0. The minimum absolute atomic E-state index is 0.404. The van der Waals surface area contributed by atoms with Crippen molar-refractivity contribution >= 4 is 40.3 Å². The summed E-state index contributed by atoms with van der Waals surface area (Å²) in [5, 5.41) is 0.885. The topological polar surface area (TPSA) is 52.3 Å². The highest BCUT2D eigenvalue weighted by Gasteiger charge is 2.12. The standard InChI is InChI=1S/C15H9Cl2NO3/c1-20-15(19)9-3-5-12-13(7-9)21-14(18-12)8-2-4-10(16)11(17)6-8/h2-7H,1H3. The molecule has 0 unspecified atom stereocenters. The van der Waals surface area contributed by atoms with E-state index in [0.717, 1.165) is 0 Å². The first kappa shape index (κ1) is 13.9. The predicted octanol–water partition coefficient (Wildman–Crippen LogP) is 4.59. The molecule has 0 aliphatic heterocycles. The molecule has 3 aromatic rings. The van der Waals surface area contributed by atoms with Gasteiger partial charge in [0.05, 0.1) is 22.7 Å². The molecule has 1 heterocycles. The summed E-state index contributed by atoms with van der Waals surface area (Å²) in [5.74, 6) is -0.0185. The fourth-order valence-electron chi connectivity index (χ4n) is 1.92. The minimum atomic E-state index is -0.426. The second kappa shape index (κ2) is 5.39. The Balaban J connectivity index is 2.08. The molecule has 106 valence electrons. The van der Waals surface area contributed by atoms with Gasteiger partial charge in [-0.05, 0) is 36.4 Å². The first-order valence-corrected chi connectivity index (χ1v) is 6.78. The summed E-state index contributed by atoms with van der Waals surface area (Å²) in [6, 6.07) is 10.0. The van der Waals surface area contributed by atoms with E-state index in [9.17, 15) is 4.79 Å². The van der Waals surface area contributed by atoms with Gasteiger partial charge < -0.3 is 9.15 Å². The summed E-state index contributed by atoms with van der Waals surface area (Å²) in [6.07, 6.45) is 0. The largest absolute Gasteiger partial charge is 0.465 e. The molecule has 0 radical (unpaired) electrons. The molecule has 4 nitrogen and oxygen atoms in total. The van der Waals surface area contributed by atoms with Crippen LogP contribution in [0.5, 0.6) is 0 Å². The summed E-state index contributed by atoms with van der Waals surface area (Å²) in [5.41, 5.74) is 2.25. The quantitative estimate of drug-likeness (QED) is 0.648. The number of rotatable bonds is 2. The van der Waals surface area contributed by atoms with Crippen molar-refractivity contribution in [2.24, 2.45) is 0 Å². The van der Waals surface area contributed by atoms with E-state index in [2.05, 4.69) is 9.72 Å². The highest BCUT2D eigenvalue weighted by atomic mass is 35.5. The number of methoxy groups -OCH3 is 1. The highest BCUT2D eigenvalue weighted by Crippen LogP contribution is 2.30. The van der Waals surface area contributed by atoms with Crippen LogP contribution < -0.4 is 0 Å². The molecule has 0 saturated heterocycles. The minimum Gasteiger partial charge on any atom is -0.465 e. The monoisotopic (exact) mass is 321 g/mol. The van der Waals surface area contributed by atoms with E-state index in [4.69, 9.17) is 27.6 Å². The Hall–Kier alpha value is -2.04. The Morgan fingerprint density at radius 1 is 1.14 bits per heavy atom. The summed E-state index contributed by atoms with van der Waals surface area (Å²) in [7, 11) is 1.33. The SMILES string of the molecule is COC(=O)c1ccc2nc(-c3ccc(Cl)c(Cl)c3)oc2c1. The van der Waals surface area contributed by atoms with Gasteiger partial charge in [-0.2, -0.15) is 0 Å². The average molecular weight is 322 g/mol. The number of hydrogen-bond acceptors (Lipinski definition) is 4. The number of carbonyl (C=O) groups excluding carboxylic acids is 1. The van der Waals surface area contributed by atoms with Gasteiger partial charge in [0, 0.05) is 5.56 Å². The molecule has 0 saturated carbocycles. The highest BCUT2D eigenvalue weighted by molar-refractivity contribution is 6.42. The predicted molar refractivity (Wildman–Crippen MR) is 80.8 cm³/mol. The third kappa shape index (κ3) is 2.60. The number of aromatic nitrogens is 1. The van der Waals surface area contributed by atoms with Crippen molar-refractivity contribution in [3.05, 3.63) is 52.0 Å². The van der Waals surface area contributed by atoms with Gasteiger partial charge in [-0.15, -0.1) is 0 Å². The Morgan fingerprint density at radius 3 is 2.67 bits per heavy atom. The normalized spacial score (nSPS) is 10.8. The maximum atomic E-state index is 11.5. The van der Waals surface area contributed by atoms with Gasteiger partial charge in [-0.1, -0.05) is 23.2 Å². The molecule has 0 atom stereocenters. The zero-order valence-corrected chi connectivity index (χ0v) is 12.4. The van der Waals surface area contributed by atoms with Crippen LogP contribution in [0.2, 0.25) is 10.0 Å². The first-order chi connectivity index (χ1) is 10.1. The van der Waals surface area contributed by atoms with Crippen molar-refractivity contribution in [2.75, 3.05) is 7.11 Å². The van der Waals surface area contributed by atoms with Gasteiger partial charge in [0.1, 0.15) is 5.52 Å². The van der Waals surface area contributed by atoms with E-state index in [1.807, 2.05) is 0 Å². The Kier molecular flexibility index (Phi) is 3.57. The number of benzene rings is 2. The summed E-state index contributed by atoms with van der Waals surface area (Å²) in [6.45, 7) is 0. The lowest BCUT2D eigenvalue weighted by molar-refractivity contribution is 0.0601. The molecule has 6 heteroatoms. The van der Waals surface area contributed by atoms with E-state index >= 15 is 0 Å². The number of nitrogens with zero attached hydrogens (tertiary/aromatic N) is 1. The van der Waals surface area contributed by atoms with Crippen LogP contribution in [0, 0.1) is 0 Å². The molecule has 21 heavy (non-hydrogen) atoms. The van der Waals surface area contributed by atoms with Crippen molar-refractivity contribution in [3.8, 4) is 11.5 Å². The van der Waals surface area contributed by atoms with Crippen molar-refractivity contribution in [3.63, 3.8) is 0 Å². The summed E-state index contributed by atoms with van der Waals surface area (Å²) >= 11 is 11.9. The second-order valence-corrected chi connectivity index (χ2v) is 5.14. The Labute approximate surface area is 130 Å². The molecule has 0 N–H and O–H groups in total. The van der Waals surface area contributed by atoms with Crippen LogP contribution in [0.1, 0.15) is 10.4 Å². The molecule has 0 spiro atoms. The molecular formula is C15H9Cl2NO3. The molecule has 0 amide bonds. The molecule has 0 aliphatic carbocycles. The molecule has 3 rings (SSSR count). The van der Waals surface area contributed by atoms with Crippen LogP contribution in [0.4, 0.5) is 0 Å². The molecule has 2 aromatic carbocycles. The van der Waals surface area contributed by atoms with Crippen LogP contribution in [-0.4, -0.2) is 18.1 Å². The van der Waals surface area contributed by atoms with Gasteiger partial charge in [-0.3, -0.25) is 0 Å². The van der Waals surface area contributed by atoms with Crippen molar-refractivity contribution < 1.29 is 13.9 Å². The van der Waals surface area contributed by atoms with Crippen LogP contribution >= 0.6 is 23.2 Å². The fraction of sp³-hybridized carbons (Fsp3) is 0.0667. The van der Waals surface area contributed by atoms with E-state index in [-0.39, 0.29) is 0 Å². The zero-order valence-electron chi connectivity index (χ0n) is 10.9. The third-order valence-electron chi connectivity index (χ3n) is 2.98. The van der Waals surface area contributed by atoms with Gasteiger partial charge in [-0.25, -0.2) is 9.78 Å². The number of ether oxygens (including phenoxy) is 1. The Bertz CT molecular complexity index is 842. The number of fused-ring (bicyclic) bond motifs is 1. The maximum Gasteiger partial charge on any atom is 0.337 e. The maximum absolute atomic E-state index is 11.5. The van der Waals surface area contributed by atoms with Crippen LogP contribution in [0.25, 0.3) is 22.6 Å². The van der Waals surface area contributed by atoms with Gasteiger partial charge in [0.15, 0.2) is 5.58 Å². The van der Waals surface area contributed by atoms with Crippen molar-refractivity contribution in [1.82, 2.24) is 4.98 Å². The first-order valence-electron chi connectivity index (χ1n) is 6.03. The van der Waals surface area contributed by atoms with Crippen LogP contribution in [0.15, 0.2) is 40.8 Å². The van der Waals surface area contributed by atoms with E-state index in [0.29, 0.717) is 38.2 Å². The van der Waals surface area contributed by atoms with Crippen molar-refractivity contribution in [1.29, 1.82) is 0 Å². The van der Waals surface area contributed by atoms with Crippen LogP contribution in [-0.2, 0) is 4.74 Å².